The molecule has 0 spiro atoms. The number of piperidine rings is 1. The molecule has 0 saturated carbocycles. The fraction of sp³-hybridized carbons (Fsp3) is 0.476. The lowest BCUT2D eigenvalue weighted by atomic mass is 10.0. The fourth-order valence-electron chi connectivity index (χ4n) is 10.5. The van der Waals surface area contributed by atoms with E-state index in [0.717, 1.165) is 42.7 Å². The van der Waals surface area contributed by atoms with E-state index in [9.17, 15) is 32.7 Å². The molecule has 2 aromatic heterocycles. The summed E-state index contributed by atoms with van der Waals surface area (Å²) in [4.78, 5) is 45.2. The number of aromatic nitrogens is 1. The minimum absolute atomic E-state index is 0.0920. The molecule has 2 aliphatic heterocycles. The van der Waals surface area contributed by atoms with E-state index in [1.54, 1.807) is 48.5 Å². The minimum atomic E-state index is -4.44. The van der Waals surface area contributed by atoms with Gasteiger partial charge in [0, 0.05) is 92.3 Å². The van der Waals surface area contributed by atoms with Crippen LogP contribution in [0.1, 0.15) is 40.0 Å². The third-order valence-corrected chi connectivity index (χ3v) is 14.9. The van der Waals surface area contributed by atoms with E-state index in [-0.39, 0.29) is 61.8 Å². The molecular formula is C63H79F3N8O12. The van der Waals surface area contributed by atoms with Crippen LogP contribution in [0.5, 0.6) is 23.0 Å². The third kappa shape index (κ3) is 18.2. The number of β-amino-alcohol motifs (C(OH)–C–C–N with tert-alkyl or cyclic N) is 1. The highest BCUT2D eigenvalue weighted by atomic mass is 19.4. The van der Waals surface area contributed by atoms with Crippen LogP contribution in [0.4, 0.5) is 24.5 Å². The van der Waals surface area contributed by atoms with Crippen molar-refractivity contribution in [1.29, 1.82) is 0 Å². The number of nitrogens with zero attached hydrogens (tertiary/aromatic N) is 4. The number of carbonyl (C=O) groups excluding carboxylic acids is 2. The van der Waals surface area contributed by atoms with Crippen LogP contribution in [0.2, 0.25) is 0 Å². The van der Waals surface area contributed by atoms with Gasteiger partial charge in [-0.05, 0) is 112 Å². The molecule has 2 fully saturated rings. The van der Waals surface area contributed by atoms with E-state index < -0.39 is 18.8 Å². The van der Waals surface area contributed by atoms with Crippen molar-refractivity contribution < 1.29 is 65.4 Å². The zero-order chi connectivity index (χ0) is 61.2. The van der Waals surface area contributed by atoms with Crippen LogP contribution in [0.3, 0.4) is 0 Å². The zero-order valence-corrected chi connectivity index (χ0v) is 49.8. The molecule has 2 amide bonds. The molecule has 2 saturated heterocycles. The van der Waals surface area contributed by atoms with E-state index in [4.69, 9.17) is 37.6 Å². The van der Waals surface area contributed by atoms with Gasteiger partial charge in [0.1, 0.15) is 59.0 Å². The SMILES string of the molecule is COc1cc(OC)c2c(=O)cc(-c3cc(C)c(OC[C@H](O)CN4CCN(CC(=O)NCCOCCOCCOCCNC(=O)c5ccc(NCC#Cc6cc7c(NC8CCN(C)CC8)cccc7n6CC(F)(F)F)c(OC)c5)CC4)c(C)c3)oc2c1. The van der Waals surface area contributed by atoms with Crippen LogP contribution in [0.25, 0.3) is 33.2 Å². The van der Waals surface area contributed by atoms with Crippen LogP contribution < -0.4 is 45.6 Å². The smallest absolute Gasteiger partial charge is 0.406 e. The summed E-state index contributed by atoms with van der Waals surface area (Å²) in [7, 11) is 6.58. The molecule has 4 aromatic carbocycles. The lowest BCUT2D eigenvalue weighted by Crippen LogP contribution is -2.51. The Hall–Kier alpha value is -7.56. The monoisotopic (exact) mass is 1200 g/mol. The third-order valence-electron chi connectivity index (χ3n) is 14.9. The number of rotatable bonds is 29. The van der Waals surface area contributed by atoms with Gasteiger partial charge in [-0.25, -0.2) is 0 Å². The molecule has 0 aliphatic carbocycles. The molecule has 0 bridgehead atoms. The van der Waals surface area contributed by atoms with Gasteiger partial charge in [-0.1, -0.05) is 12.0 Å². The number of amides is 2. The van der Waals surface area contributed by atoms with Crippen LogP contribution in [0.15, 0.2) is 82.0 Å². The van der Waals surface area contributed by atoms with Gasteiger partial charge in [0.25, 0.3) is 5.91 Å². The van der Waals surface area contributed by atoms with Gasteiger partial charge in [-0.15, -0.1) is 0 Å². The quantitative estimate of drug-likeness (QED) is 0.0249. The summed E-state index contributed by atoms with van der Waals surface area (Å²) >= 11 is 0. The molecule has 5 N–H and O–H groups in total. The number of alkyl halides is 3. The number of aryl methyl sites for hydroxylation is 2. The van der Waals surface area contributed by atoms with E-state index in [1.165, 1.54) is 32.0 Å². The average Bonchev–Trinajstić information content (AvgIpc) is 1.50. The Bertz CT molecular complexity index is 3340. The number of piperazine rings is 1. The number of benzene rings is 4. The summed E-state index contributed by atoms with van der Waals surface area (Å²) in [5, 5.41) is 24.4. The van der Waals surface area contributed by atoms with Gasteiger partial charge in [0.05, 0.1) is 91.0 Å². The molecule has 0 unspecified atom stereocenters. The number of hydrogen-bond acceptors (Lipinski definition) is 17. The second kappa shape index (κ2) is 31.2. The molecule has 8 rings (SSSR count). The van der Waals surface area contributed by atoms with E-state index in [1.807, 2.05) is 32.0 Å². The maximum Gasteiger partial charge on any atom is 0.406 e. The normalized spacial score (nSPS) is 14.8. The number of anilines is 2. The number of aliphatic hydroxyl groups excluding tert-OH is 1. The number of halogens is 3. The van der Waals surface area contributed by atoms with Gasteiger partial charge in [0.15, 0.2) is 5.43 Å². The highest BCUT2D eigenvalue weighted by Crippen LogP contribution is 2.36. The summed E-state index contributed by atoms with van der Waals surface area (Å²) in [5.41, 5.74) is 4.91. The lowest BCUT2D eigenvalue weighted by molar-refractivity contribution is -0.140. The van der Waals surface area contributed by atoms with Gasteiger partial charge >= 0.3 is 6.18 Å². The van der Waals surface area contributed by atoms with Crippen molar-refractivity contribution in [2.75, 3.05) is 157 Å². The Balaban J connectivity index is 0.643. The lowest BCUT2D eigenvalue weighted by Gasteiger charge is -2.35. The number of likely N-dealkylation sites (tertiary alicyclic amines) is 1. The topological polar surface area (TPSA) is 212 Å². The minimum Gasteiger partial charge on any atom is -0.496 e. The number of fused-ring (bicyclic) bond motifs is 2. The van der Waals surface area contributed by atoms with Crippen LogP contribution in [-0.4, -0.2) is 201 Å². The van der Waals surface area contributed by atoms with Crippen molar-refractivity contribution in [2.24, 2.45) is 0 Å². The Kier molecular flexibility index (Phi) is 23.4. The van der Waals surface area contributed by atoms with Crippen LogP contribution >= 0.6 is 0 Å². The highest BCUT2D eigenvalue weighted by molar-refractivity contribution is 5.96. The number of nitrogens with one attached hydrogen (secondary N) is 4. The number of ether oxygens (including phenoxy) is 7. The molecule has 6 aromatic rings. The van der Waals surface area contributed by atoms with Gasteiger partial charge in [-0.3, -0.25) is 24.2 Å². The number of hydrogen-bond donors (Lipinski definition) is 5. The van der Waals surface area contributed by atoms with Crippen molar-refractivity contribution in [3.63, 3.8) is 0 Å². The van der Waals surface area contributed by atoms with Gasteiger partial charge < -0.3 is 73.4 Å². The standard InChI is InChI=1S/C63H79F3N8O12/c1-42-31-45(55-37-54(76)60-57(81-6)35-49(79-4)36-58(60)86-55)32-43(2)61(42)85-40-48(75)38-72-21-23-73(24-22-72)39-59(77)68-17-25-82-27-29-84-30-28-83-26-18-69-62(78)44-12-13-52(56(33-44)80-5)67-16-8-9-47-34-50-51(70-46-14-19-71(3)20-15-46)10-7-11-53(50)74(47)41-63(64,65)66/h7,10-13,31-37,46,48,67,70,75H,14-30,38-41H2,1-6H3,(H,68,77)(H,69,78)/t48-/m1/s1. The summed E-state index contributed by atoms with van der Waals surface area (Å²) < 4.78 is 88.0. The fourth-order valence-corrected chi connectivity index (χ4v) is 10.5. The first-order valence-electron chi connectivity index (χ1n) is 28.9. The Labute approximate surface area is 499 Å². The van der Waals surface area contributed by atoms with E-state index >= 15 is 0 Å². The second-order valence-corrected chi connectivity index (χ2v) is 21.4. The Morgan fingerprint density at radius 1 is 0.779 bits per heavy atom. The van der Waals surface area contributed by atoms with Crippen LogP contribution in [-0.2, 0) is 25.5 Å². The summed E-state index contributed by atoms with van der Waals surface area (Å²) in [6.07, 6.45) is -3.29. The zero-order valence-electron chi connectivity index (χ0n) is 49.8. The molecule has 86 heavy (non-hydrogen) atoms. The molecule has 2 aliphatic rings. The molecule has 0 radical (unpaired) electrons. The van der Waals surface area contributed by atoms with Gasteiger partial charge in [-0.2, -0.15) is 13.2 Å². The number of carbonyl (C=O) groups is 2. The Morgan fingerprint density at radius 3 is 2.13 bits per heavy atom. The molecule has 23 heteroatoms. The number of aliphatic hydroxyl groups is 1. The molecular weight excluding hydrogens is 1120 g/mol. The summed E-state index contributed by atoms with van der Waals surface area (Å²) in [6.45, 7) is 10.7. The van der Waals surface area contributed by atoms with Gasteiger partial charge in [0.2, 0.25) is 5.91 Å². The highest BCUT2D eigenvalue weighted by Gasteiger charge is 2.30. The molecule has 1 atom stereocenters. The molecule has 4 heterocycles. The summed E-state index contributed by atoms with van der Waals surface area (Å²) in [6, 6.07) is 20.7. The predicted octanol–water partition coefficient (Wildman–Crippen LogP) is 6.54. The summed E-state index contributed by atoms with van der Waals surface area (Å²) in [5.74, 6) is 7.81. The average molecular weight is 1200 g/mol. The second-order valence-electron chi connectivity index (χ2n) is 21.4. The number of methoxy groups -OCH3 is 3. The van der Waals surface area contributed by atoms with E-state index in [0.29, 0.717) is 140 Å². The van der Waals surface area contributed by atoms with Crippen molar-refractivity contribution >= 4 is 45.1 Å². The van der Waals surface area contributed by atoms with Crippen molar-refractivity contribution in [1.82, 2.24) is 29.9 Å². The maximum absolute atomic E-state index is 13.8. The predicted molar refractivity (Wildman–Crippen MR) is 323 cm³/mol. The first-order valence-corrected chi connectivity index (χ1v) is 28.9. The van der Waals surface area contributed by atoms with Crippen LogP contribution in [0, 0.1) is 25.7 Å². The molecule has 464 valence electrons. The largest absolute Gasteiger partial charge is 0.496 e. The molecule has 20 nitrogen and oxygen atoms in total. The maximum atomic E-state index is 13.8. The van der Waals surface area contributed by atoms with E-state index in [2.05, 4.69) is 54.9 Å². The first kappa shape index (κ1) is 64.4. The Morgan fingerprint density at radius 2 is 1.45 bits per heavy atom. The van der Waals surface area contributed by atoms with Crippen molar-refractivity contribution in [2.45, 2.75) is 51.6 Å². The van der Waals surface area contributed by atoms with Crippen molar-refractivity contribution in [3.8, 4) is 46.2 Å². The van der Waals surface area contributed by atoms with Crippen molar-refractivity contribution in [3.05, 3.63) is 105 Å². The first-order chi connectivity index (χ1) is 41.5.